The van der Waals surface area contributed by atoms with E-state index in [1.54, 1.807) is 13.0 Å². The molecule has 21 heavy (non-hydrogen) atoms. The molecule has 0 spiro atoms. The van der Waals surface area contributed by atoms with Gasteiger partial charge in [-0.2, -0.15) is 13.2 Å². The largest absolute Gasteiger partial charge is 0.416 e. The Morgan fingerprint density at radius 2 is 2.00 bits per heavy atom. The standard InChI is InChI=1S/C15H21F3N2.ClH/c1-10-5-14(15(16,17)18)4-3-13(10)9-20-8-12(7-19)6-11(20)2;/h3-5,11-12H,6-9,19H2,1-2H3;1H. The van der Waals surface area contributed by atoms with E-state index < -0.39 is 11.7 Å². The van der Waals surface area contributed by atoms with Crippen molar-refractivity contribution in [3.8, 4) is 0 Å². The van der Waals surface area contributed by atoms with Gasteiger partial charge in [-0.3, -0.25) is 4.90 Å². The van der Waals surface area contributed by atoms with Crippen LogP contribution in [-0.4, -0.2) is 24.0 Å². The lowest BCUT2D eigenvalue weighted by Gasteiger charge is -2.22. The van der Waals surface area contributed by atoms with Gasteiger partial charge in [-0.15, -0.1) is 12.4 Å². The Morgan fingerprint density at radius 3 is 2.48 bits per heavy atom. The Bertz CT molecular complexity index is 476. The zero-order chi connectivity index (χ0) is 14.9. The summed E-state index contributed by atoms with van der Waals surface area (Å²) in [6, 6.07) is 4.44. The van der Waals surface area contributed by atoms with Crippen molar-refractivity contribution in [1.29, 1.82) is 0 Å². The number of benzene rings is 1. The SMILES string of the molecule is Cc1cc(C(F)(F)F)ccc1CN1CC(CN)CC1C.Cl. The fourth-order valence-electron chi connectivity index (χ4n) is 2.88. The van der Waals surface area contributed by atoms with Crippen molar-refractivity contribution in [2.75, 3.05) is 13.1 Å². The molecule has 1 saturated heterocycles. The molecule has 0 bridgehead atoms. The van der Waals surface area contributed by atoms with Gasteiger partial charge in [-0.25, -0.2) is 0 Å². The zero-order valence-corrected chi connectivity index (χ0v) is 13.1. The maximum Gasteiger partial charge on any atom is 0.416 e. The van der Waals surface area contributed by atoms with Crippen LogP contribution in [0.1, 0.15) is 30.0 Å². The second-order valence-electron chi connectivity index (χ2n) is 5.75. The highest BCUT2D eigenvalue weighted by atomic mass is 35.5. The molecule has 6 heteroatoms. The predicted octanol–water partition coefficient (Wildman–Crippen LogP) is 3.60. The first-order valence-electron chi connectivity index (χ1n) is 6.92. The van der Waals surface area contributed by atoms with Gasteiger partial charge in [-0.1, -0.05) is 6.07 Å². The van der Waals surface area contributed by atoms with Gasteiger partial charge in [-0.05, 0) is 56.0 Å². The molecule has 2 atom stereocenters. The molecule has 0 amide bonds. The number of alkyl halides is 3. The van der Waals surface area contributed by atoms with E-state index in [4.69, 9.17) is 5.73 Å². The highest BCUT2D eigenvalue weighted by molar-refractivity contribution is 5.85. The third-order valence-electron chi connectivity index (χ3n) is 4.17. The normalized spacial score (nSPS) is 23.1. The molecule has 2 unspecified atom stereocenters. The quantitative estimate of drug-likeness (QED) is 0.921. The Hall–Kier alpha value is -0.780. The summed E-state index contributed by atoms with van der Waals surface area (Å²) in [6.07, 6.45) is -3.20. The molecule has 120 valence electrons. The van der Waals surface area contributed by atoms with Crippen LogP contribution in [0.5, 0.6) is 0 Å². The van der Waals surface area contributed by atoms with E-state index in [0.717, 1.165) is 18.5 Å². The highest BCUT2D eigenvalue weighted by Crippen LogP contribution is 2.31. The van der Waals surface area contributed by atoms with Crippen LogP contribution < -0.4 is 5.73 Å². The second kappa shape index (κ2) is 6.99. The molecule has 1 aromatic rings. The summed E-state index contributed by atoms with van der Waals surface area (Å²) < 4.78 is 37.9. The smallest absolute Gasteiger partial charge is 0.330 e. The Balaban J connectivity index is 0.00000220. The summed E-state index contributed by atoms with van der Waals surface area (Å²) in [5.74, 6) is 0.500. The summed E-state index contributed by atoms with van der Waals surface area (Å²) >= 11 is 0. The molecule has 2 rings (SSSR count). The van der Waals surface area contributed by atoms with E-state index in [0.29, 0.717) is 30.6 Å². The molecular formula is C15H22ClF3N2. The number of likely N-dealkylation sites (tertiary alicyclic amines) is 1. The van der Waals surface area contributed by atoms with Crippen molar-refractivity contribution >= 4 is 12.4 Å². The van der Waals surface area contributed by atoms with E-state index >= 15 is 0 Å². The molecule has 0 radical (unpaired) electrons. The molecule has 1 aliphatic rings. The molecule has 0 aromatic heterocycles. The minimum atomic E-state index is -4.27. The van der Waals surface area contributed by atoms with Gasteiger partial charge in [0.25, 0.3) is 0 Å². The lowest BCUT2D eigenvalue weighted by Crippen LogP contribution is -2.27. The summed E-state index contributed by atoms with van der Waals surface area (Å²) in [7, 11) is 0. The van der Waals surface area contributed by atoms with Gasteiger partial charge in [0.2, 0.25) is 0 Å². The summed E-state index contributed by atoms with van der Waals surface area (Å²) in [5.41, 5.74) is 6.78. The zero-order valence-electron chi connectivity index (χ0n) is 12.3. The summed E-state index contributed by atoms with van der Waals surface area (Å²) in [5, 5.41) is 0. The van der Waals surface area contributed by atoms with Crippen LogP contribution in [0.25, 0.3) is 0 Å². The van der Waals surface area contributed by atoms with Gasteiger partial charge in [0.1, 0.15) is 0 Å². The maximum atomic E-state index is 12.6. The van der Waals surface area contributed by atoms with Crippen LogP contribution in [0, 0.1) is 12.8 Å². The molecule has 1 aromatic carbocycles. The topological polar surface area (TPSA) is 29.3 Å². The van der Waals surface area contributed by atoms with Gasteiger partial charge in [0.05, 0.1) is 5.56 Å². The fraction of sp³-hybridized carbons (Fsp3) is 0.600. The van der Waals surface area contributed by atoms with Crippen LogP contribution in [-0.2, 0) is 12.7 Å². The summed E-state index contributed by atoms with van der Waals surface area (Å²) in [6.45, 7) is 6.19. The first-order chi connectivity index (χ1) is 9.31. The van der Waals surface area contributed by atoms with Gasteiger partial charge in [0.15, 0.2) is 0 Å². The number of nitrogens with two attached hydrogens (primary N) is 1. The molecule has 0 aliphatic carbocycles. The number of rotatable bonds is 3. The number of hydrogen-bond donors (Lipinski definition) is 1. The molecule has 2 N–H and O–H groups in total. The van der Waals surface area contributed by atoms with Crippen molar-refractivity contribution < 1.29 is 13.2 Å². The molecule has 1 aliphatic heterocycles. The van der Waals surface area contributed by atoms with Crippen LogP contribution in [0.15, 0.2) is 18.2 Å². The maximum absolute atomic E-state index is 12.6. The number of nitrogens with zero attached hydrogens (tertiary/aromatic N) is 1. The van der Waals surface area contributed by atoms with Crippen LogP contribution >= 0.6 is 12.4 Å². The van der Waals surface area contributed by atoms with E-state index in [1.807, 2.05) is 0 Å². The molecular weight excluding hydrogens is 301 g/mol. The minimum Gasteiger partial charge on any atom is -0.330 e. The van der Waals surface area contributed by atoms with Gasteiger partial charge in [0, 0.05) is 19.1 Å². The molecule has 1 heterocycles. The number of halogens is 4. The van der Waals surface area contributed by atoms with Crippen molar-refractivity contribution in [2.24, 2.45) is 11.7 Å². The van der Waals surface area contributed by atoms with E-state index in [2.05, 4.69) is 11.8 Å². The van der Waals surface area contributed by atoms with Gasteiger partial charge < -0.3 is 5.73 Å². The number of hydrogen-bond acceptors (Lipinski definition) is 2. The van der Waals surface area contributed by atoms with E-state index in [-0.39, 0.29) is 12.4 Å². The van der Waals surface area contributed by atoms with Crippen LogP contribution in [0.2, 0.25) is 0 Å². The fourth-order valence-corrected chi connectivity index (χ4v) is 2.88. The lowest BCUT2D eigenvalue weighted by molar-refractivity contribution is -0.137. The van der Waals surface area contributed by atoms with Crippen molar-refractivity contribution in [3.05, 3.63) is 34.9 Å². The van der Waals surface area contributed by atoms with E-state index in [9.17, 15) is 13.2 Å². The first-order valence-corrected chi connectivity index (χ1v) is 6.92. The Kier molecular flexibility index (Phi) is 6.08. The van der Waals surface area contributed by atoms with Crippen LogP contribution in [0.3, 0.4) is 0 Å². The minimum absolute atomic E-state index is 0. The average Bonchev–Trinajstić information content (AvgIpc) is 2.71. The Morgan fingerprint density at radius 1 is 1.33 bits per heavy atom. The highest BCUT2D eigenvalue weighted by Gasteiger charge is 2.31. The van der Waals surface area contributed by atoms with Crippen molar-refractivity contribution in [3.63, 3.8) is 0 Å². The Labute approximate surface area is 129 Å². The van der Waals surface area contributed by atoms with Gasteiger partial charge >= 0.3 is 6.18 Å². The van der Waals surface area contributed by atoms with Crippen molar-refractivity contribution in [2.45, 2.75) is 39.0 Å². The third-order valence-corrected chi connectivity index (χ3v) is 4.17. The predicted molar refractivity (Wildman–Crippen MR) is 80.5 cm³/mol. The third kappa shape index (κ3) is 4.34. The average molecular weight is 323 g/mol. The molecule has 2 nitrogen and oxygen atoms in total. The first kappa shape index (κ1) is 18.3. The van der Waals surface area contributed by atoms with Crippen molar-refractivity contribution in [1.82, 2.24) is 4.90 Å². The number of aryl methyl sites for hydroxylation is 1. The van der Waals surface area contributed by atoms with Crippen LogP contribution in [0.4, 0.5) is 13.2 Å². The summed E-state index contributed by atoms with van der Waals surface area (Å²) in [4.78, 5) is 2.30. The lowest BCUT2D eigenvalue weighted by atomic mass is 10.0. The second-order valence-corrected chi connectivity index (χ2v) is 5.75. The van der Waals surface area contributed by atoms with E-state index in [1.165, 1.54) is 12.1 Å². The molecule has 1 fully saturated rings. The monoisotopic (exact) mass is 322 g/mol. The molecule has 0 saturated carbocycles.